The van der Waals surface area contributed by atoms with Gasteiger partial charge in [0.1, 0.15) is 0 Å². The molecule has 0 bridgehead atoms. The van der Waals surface area contributed by atoms with Crippen molar-refractivity contribution >= 4 is 26.9 Å². The number of nitrogens with two attached hydrogens (primary N) is 1. The summed E-state index contributed by atoms with van der Waals surface area (Å²) >= 11 is 1.12. The Kier molecular flexibility index (Phi) is 3.48. The number of aromatic nitrogens is 1. The van der Waals surface area contributed by atoms with Gasteiger partial charge < -0.3 is 5.73 Å². The van der Waals surface area contributed by atoms with Gasteiger partial charge in [0.2, 0.25) is 14.2 Å². The summed E-state index contributed by atoms with van der Waals surface area (Å²) in [6.07, 6.45) is 0. The minimum atomic E-state index is -3.59. The van der Waals surface area contributed by atoms with E-state index < -0.39 is 9.84 Å². The van der Waals surface area contributed by atoms with Gasteiger partial charge >= 0.3 is 0 Å². The highest BCUT2D eigenvalue weighted by atomic mass is 32.2. The molecule has 0 saturated carbocycles. The molecule has 0 unspecified atom stereocenters. The SMILES string of the molecule is Nc1ccc(S(=O)(=O)c2nc(-c3ccccc3)cs2)cc1. The number of hydrogen-bond acceptors (Lipinski definition) is 5. The van der Waals surface area contributed by atoms with E-state index in [9.17, 15) is 8.42 Å². The zero-order chi connectivity index (χ0) is 14.9. The molecule has 4 nitrogen and oxygen atoms in total. The van der Waals surface area contributed by atoms with Gasteiger partial charge in [0, 0.05) is 16.6 Å². The molecule has 21 heavy (non-hydrogen) atoms. The van der Waals surface area contributed by atoms with Crippen LogP contribution in [0.1, 0.15) is 0 Å². The maximum absolute atomic E-state index is 12.5. The van der Waals surface area contributed by atoms with Crippen molar-refractivity contribution in [2.24, 2.45) is 0 Å². The Morgan fingerprint density at radius 2 is 1.62 bits per heavy atom. The quantitative estimate of drug-likeness (QED) is 0.753. The number of hydrogen-bond donors (Lipinski definition) is 1. The van der Waals surface area contributed by atoms with Gasteiger partial charge in [-0.05, 0) is 24.3 Å². The van der Waals surface area contributed by atoms with Crippen molar-refractivity contribution in [1.29, 1.82) is 0 Å². The molecular formula is C15H12N2O2S2. The third-order valence-corrected chi connectivity index (χ3v) is 6.00. The average Bonchev–Trinajstić information content (AvgIpc) is 2.99. The van der Waals surface area contributed by atoms with E-state index in [2.05, 4.69) is 4.98 Å². The van der Waals surface area contributed by atoms with Crippen molar-refractivity contribution in [2.75, 3.05) is 5.73 Å². The minimum absolute atomic E-state index is 0.0890. The molecule has 0 aliphatic rings. The normalized spacial score (nSPS) is 11.4. The van der Waals surface area contributed by atoms with Crippen LogP contribution >= 0.6 is 11.3 Å². The Bertz CT molecular complexity index is 854. The molecule has 0 aliphatic carbocycles. The Morgan fingerprint density at radius 3 is 2.29 bits per heavy atom. The summed E-state index contributed by atoms with van der Waals surface area (Å²) in [7, 11) is -3.59. The van der Waals surface area contributed by atoms with Gasteiger partial charge in [0.05, 0.1) is 10.6 Å². The fourth-order valence-electron chi connectivity index (χ4n) is 1.87. The second-order valence-corrected chi connectivity index (χ2v) is 7.42. The minimum Gasteiger partial charge on any atom is -0.399 e. The first-order chi connectivity index (χ1) is 10.1. The Hall–Kier alpha value is -2.18. The zero-order valence-corrected chi connectivity index (χ0v) is 12.6. The molecule has 0 saturated heterocycles. The van der Waals surface area contributed by atoms with Crippen LogP contribution in [0.25, 0.3) is 11.3 Å². The third-order valence-electron chi connectivity index (χ3n) is 2.97. The van der Waals surface area contributed by atoms with Gasteiger partial charge in [0.15, 0.2) is 0 Å². The molecule has 1 heterocycles. The number of anilines is 1. The maximum atomic E-state index is 12.5. The maximum Gasteiger partial charge on any atom is 0.233 e. The van der Waals surface area contributed by atoms with Gasteiger partial charge in [-0.25, -0.2) is 13.4 Å². The standard InChI is InChI=1S/C15H12N2O2S2/c16-12-6-8-13(9-7-12)21(18,19)15-17-14(10-20-15)11-4-2-1-3-5-11/h1-10H,16H2. The Balaban J connectivity index is 2.01. The average molecular weight is 316 g/mol. The number of thiazole rings is 1. The molecule has 6 heteroatoms. The van der Waals surface area contributed by atoms with Gasteiger partial charge in [-0.2, -0.15) is 0 Å². The molecule has 3 aromatic rings. The number of nitrogen functional groups attached to an aromatic ring is 1. The van der Waals surface area contributed by atoms with Crippen LogP contribution in [0.15, 0.2) is 69.2 Å². The van der Waals surface area contributed by atoms with Gasteiger partial charge in [-0.15, -0.1) is 11.3 Å². The van der Waals surface area contributed by atoms with Crippen molar-refractivity contribution in [2.45, 2.75) is 9.24 Å². The van der Waals surface area contributed by atoms with E-state index in [-0.39, 0.29) is 9.24 Å². The van der Waals surface area contributed by atoms with E-state index in [0.717, 1.165) is 16.9 Å². The van der Waals surface area contributed by atoms with Crippen LogP contribution < -0.4 is 5.73 Å². The highest BCUT2D eigenvalue weighted by molar-refractivity contribution is 7.93. The lowest BCUT2D eigenvalue weighted by Gasteiger charge is -2.01. The van der Waals surface area contributed by atoms with Gasteiger partial charge in [0.25, 0.3) is 0 Å². The van der Waals surface area contributed by atoms with E-state index in [1.165, 1.54) is 12.1 Å². The summed E-state index contributed by atoms with van der Waals surface area (Å²) in [5.74, 6) is 0. The molecule has 2 aromatic carbocycles. The van der Waals surface area contributed by atoms with Crippen LogP contribution in [0.3, 0.4) is 0 Å². The molecule has 0 aliphatic heterocycles. The smallest absolute Gasteiger partial charge is 0.233 e. The molecule has 0 fully saturated rings. The first-order valence-corrected chi connectivity index (χ1v) is 8.55. The number of rotatable bonds is 3. The van der Waals surface area contributed by atoms with Gasteiger partial charge in [-0.3, -0.25) is 0 Å². The first-order valence-electron chi connectivity index (χ1n) is 6.19. The first kappa shape index (κ1) is 13.8. The predicted molar refractivity (Wildman–Crippen MR) is 83.9 cm³/mol. The lowest BCUT2D eigenvalue weighted by Crippen LogP contribution is -2.01. The number of benzene rings is 2. The van der Waals surface area contributed by atoms with Crippen LogP contribution in [0.2, 0.25) is 0 Å². The highest BCUT2D eigenvalue weighted by Crippen LogP contribution is 2.28. The van der Waals surface area contributed by atoms with Crippen LogP contribution in [-0.2, 0) is 9.84 Å². The van der Waals surface area contributed by atoms with E-state index in [1.54, 1.807) is 17.5 Å². The summed E-state index contributed by atoms with van der Waals surface area (Å²) in [5, 5.41) is 1.75. The fraction of sp³-hybridized carbons (Fsp3) is 0. The van der Waals surface area contributed by atoms with Gasteiger partial charge in [-0.1, -0.05) is 30.3 Å². The summed E-state index contributed by atoms with van der Waals surface area (Å²) in [4.78, 5) is 4.45. The van der Waals surface area contributed by atoms with E-state index >= 15 is 0 Å². The van der Waals surface area contributed by atoms with E-state index in [0.29, 0.717) is 11.4 Å². The second-order valence-electron chi connectivity index (χ2n) is 4.44. The van der Waals surface area contributed by atoms with E-state index in [1.807, 2.05) is 30.3 Å². The monoisotopic (exact) mass is 316 g/mol. The van der Waals surface area contributed by atoms with Crippen molar-refractivity contribution in [1.82, 2.24) is 4.98 Å². The summed E-state index contributed by atoms with van der Waals surface area (Å²) < 4.78 is 25.1. The Labute approximate surface area is 126 Å². The van der Waals surface area contributed by atoms with Crippen molar-refractivity contribution in [3.63, 3.8) is 0 Å². The molecular weight excluding hydrogens is 304 g/mol. The number of sulfone groups is 1. The van der Waals surface area contributed by atoms with E-state index in [4.69, 9.17) is 5.73 Å². The number of nitrogens with zero attached hydrogens (tertiary/aromatic N) is 1. The summed E-state index contributed by atoms with van der Waals surface area (Å²) in [6.45, 7) is 0. The highest BCUT2D eigenvalue weighted by Gasteiger charge is 2.21. The van der Waals surface area contributed by atoms with Crippen molar-refractivity contribution in [3.05, 3.63) is 60.0 Å². The molecule has 0 atom stereocenters. The Morgan fingerprint density at radius 1 is 0.952 bits per heavy atom. The van der Waals surface area contributed by atoms with Crippen LogP contribution in [0.5, 0.6) is 0 Å². The molecule has 3 rings (SSSR count). The topological polar surface area (TPSA) is 73.1 Å². The summed E-state index contributed by atoms with van der Waals surface area (Å²) in [5.41, 5.74) is 7.66. The van der Waals surface area contributed by atoms with Crippen molar-refractivity contribution in [3.8, 4) is 11.3 Å². The molecule has 1 aromatic heterocycles. The molecule has 0 spiro atoms. The lowest BCUT2D eigenvalue weighted by molar-refractivity contribution is 0.595. The zero-order valence-electron chi connectivity index (χ0n) is 10.9. The molecule has 106 valence electrons. The van der Waals surface area contributed by atoms with Crippen LogP contribution in [0, 0.1) is 0 Å². The molecule has 0 radical (unpaired) electrons. The van der Waals surface area contributed by atoms with Crippen LogP contribution in [0.4, 0.5) is 5.69 Å². The second kappa shape index (κ2) is 5.31. The van der Waals surface area contributed by atoms with Crippen LogP contribution in [-0.4, -0.2) is 13.4 Å². The fourth-order valence-corrected chi connectivity index (χ4v) is 4.28. The largest absolute Gasteiger partial charge is 0.399 e. The third kappa shape index (κ3) is 2.68. The lowest BCUT2D eigenvalue weighted by atomic mass is 10.2. The summed E-state index contributed by atoms with van der Waals surface area (Å²) in [6, 6.07) is 15.6. The predicted octanol–water partition coefficient (Wildman–Crippen LogP) is 3.23. The molecule has 2 N–H and O–H groups in total. The molecule has 0 amide bonds. The van der Waals surface area contributed by atoms with Crippen molar-refractivity contribution < 1.29 is 8.42 Å².